The summed E-state index contributed by atoms with van der Waals surface area (Å²) < 4.78 is 14.3. The molecule has 0 aliphatic heterocycles. The highest BCUT2D eigenvalue weighted by Gasteiger charge is 2.26. The third-order valence-electron chi connectivity index (χ3n) is 5.15. The lowest BCUT2D eigenvalue weighted by Crippen LogP contribution is -2.45. The van der Waals surface area contributed by atoms with Crippen molar-refractivity contribution in [3.05, 3.63) is 52.6 Å². The van der Waals surface area contributed by atoms with Crippen molar-refractivity contribution in [2.24, 2.45) is 5.92 Å². The van der Waals surface area contributed by atoms with Crippen molar-refractivity contribution in [3.8, 4) is 11.3 Å². The minimum atomic E-state index is -0.711. The summed E-state index contributed by atoms with van der Waals surface area (Å²) in [6.45, 7) is 3.82. The predicted octanol–water partition coefficient (Wildman–Crippen LogP) is 3.31. The Balaban J connectivity index is 1.80. The van der Waals surface area contributed by atoms with Crippen LogP contribution in [-0.4, -0.2) is 21.7 Å². The van der Waals surface area contributed by atoms with E-state index in [1.165, 1.54) is 29.3 Å². The summed E-state index contributed by atoms with van der Waals surface area (Å²) in [5, 5.41) is 7.40. The van der Waals surface area contributed by atoms with Gasteiger partial charge in [0, 0.05) is 17.7 Å². The average Bonchev–Trinajstić information content (AvgIpc) is 2.64. The number of hydrogen-bond donors (Lipinski definition) is 1. The number of benzene rings is 1. The number of hydrogen-bond acceptors (Lipinski definition) is 3. The fourth-order valence-corrected chi connectivity index (χ4v) is 3.42. The van der Waals surface area contributed by atoms with Crippen molar-refractivity contribution in [3.63, 3.8) is 0 Å². The van der Waals surface area contributed by atoms with Crippen LogP contribution in [0.25, 0.3) is 11.3 Å². The number of halogens is 1. The van der Waals surface area contributed by atoms with E-state index in [0.29, 0.717) is 17.2 Å². The molecule has 3 atom stereocenters. The highest BCUT2D eigenvalue weighted by Crippen LogP contribution is 2.24. The Morgan fingerprint density at radius 2 is 1.88 bits per heavy atom. The number of nitrogens with one attached hydrogen (secondary N) is 1. The number of rotatable bonds is 4. The first-order valence-corrected chi connectivity index (χ1v) is 9.12. The van der Waals surface area contributed by atoms with Crippen molar-refractivity contribution in [2.45, 2.75) is 51.6 Å². The largest absolute Gasteiger partial charge is 0.351 e. The van der Waals surface area contributed by atoms with Gasteiger partial charge in [0.1, 0.15) is 11.9 Å². The van der Waals surface area contributed by atoms with Gasteiger partial charge in [-0.2, -0.15) is 5.10 Å². The summed E-state index contributed by atoms with van der Waals surface area (Å²) in [5.74, 6) is -0.0962. The zero-order chi connectivity index (χ0) is 18.7. The first-order chi connectivity index (χ1) is 12.5. The standard InChI is InChI=1S/C20H24FN3O2/c1-13-5-3-4-6-17(13)22-20(26)14(2)24-19(25)12-11-18(23-24)15-7-9-16(21)10-8-15/h7-14,17H,3-6H2,1-2H3,(H,22,26). The third-order valence-corrected chi connectivity index (χ3v) is 5.15. The minimum absolute atomic E-state index is 0.148. The molecule has 5 nitrogen and oxygen atoms in total. The van der Waals surface area contributed by atoms with Gasteiger partial charge in [0.2, 0.25) is 5.91 Å². The number of carbonyl (C=O) groups is 1. The van der Waals surface area contributed by atoms with E-state index in [1.54, 1.807) is 25.1 Å². The molecule has 1 aromatic carbocycles. The summed E-state index contributed by atoms with van der Waals surface area (Å²) >= 11 is 0. The summed E-state index contributed by atoms with van der Waals surface area (Å²) in [4.78, 5) is 24.9. The van der Waals surface area contributed by atoms with E-state index in [4.69, 9.17) is 0 Å². The summed E-state index contributed by atoms with van der Waals surface area (Å²) in [5.41, 5.74) is 0.874. The maximum absolute atomic E-state index is 13.1. The molecular weight excluding hydrogens is 333 g/mol. The van der Waals surface area contributed by atoms with Gasteiger partial charge in [0.15, 0.2) is 0 Å². The zero-order valence-corrected chi connectivity index (χ0v) is 15.1. The molecule has 1 heterocycles. The summed E-state index contributed by atoms with van der Waals surface area (Å²) in [6.07, 6.45) is 4.39. The molecular formula is C20H24FN3O2. The van der Waals surface area contributed by atoms with Crippen molar-refractivity contribution in [1.29, 1.82) is 0 Å². The van der Waals surface area contributed by atoms with Gasteiger partial charge < -0.3 is 5.32 Å². The van der Waals surface area contributed by atoms with Gasteiger partial charge >= 0.3 is 0 Å². The van der Waals surface area contributed by atoms with Crippen molar-refractivity contribution in [1.82, 2.24) is 15.1 Å². The average molecular weight is 357 g/mol. The highest BCUT2D eigenvalue weighted by atomic mass is 19.1. The molecule has 1 N–H and O–H groups in total. The molecule has 1 aromatic heterocycles. The van der Waals surface area contributed by atoms with Crippen LogP contribution in [0.1, 0.15) is 45.6 Å². The molecule has 1 amide bonds. The van der Waals surface area contributed by atoms with Crippen LogP contribution in [0.3, 0.4) is 0 Å². The van der Waals surface area contributed by atoms with Gasteiger partial charge in [-0.05, 0) is 56.0 Å². The van der Waals surface area contributed by atoms with Gasteiger partial charge in [-0.25, -0.2) is 9.07 Å². The minimum Gasteiger partial charge on any atom is -0.351 e. The van der Waals surface area contributed by atoms with Gasteiger partial charge in [-0.1, -0.05) is 19.8 Å². The van der Waals surface area contributed by atoms with E-state index in [-0.39, 0.29) is 23.3 Å². The second-order valence-corrected chi connectivity index (χ2v) is 7.06. The van der Waals surface area contributed by atoms with Crippen LogP contribution < -0.4 is 10.9 Å². The Labute approximate surface area is 152 Å². The maximum atomic E-state index is 13.1. The molecule has 3 rings (SSSR count). The number of amides is 1. The van der Waals surface area contributed by atoms with Crippen LogP contribution in [0.4, 0.5) is 4.39 Å². The van der Waals surface area contributed by atoms with Gasteiger partial charge in [-0.15, -0.1) is 0 Å². The molecule has 2 aromatic rings. The molecule has 1 aliphatic rings. The smallest absolute Gasteiger partial charge is 0.267 e. The molecule has 1 saturated carbocycles. The van der Waals surface area contributed by atoms with Crippen LogP contribution in [0, 0.1) is 11.7 Å². The Morgan fingerprint density at radius 3 is 2.58 bits per heavy atom. The molecule has 138 valence electrons. The second kappa shape index (κ2) is 7.81. The lowest BCUT2D eigenvalue weighted by Gasteiger charge is -2.30. The molecule has 1 aliphatic carbocycles. The van der Waals surface area contributed by atoms with E-state index >= 15 is 0 Å². The molecule has 3 unspecified atom stereocenters. The first-order valence-electron chi connectivity index (χ1n) is 9.12. The van der Waals surface area contributed by atoms with Crippen LogP contribution in [0.5, 0.6) is 0 Å². The molecule has 26 heavy (non-hydrogen) atoms. The normalized spacial score (nSPS) is 21.2. The SMILES string of the molecule is CC1CCCCC1NC(=O)C(C)n1nc(-c2ccc(F)cc2)ccc1=O. The van der Waals surface area contributed by atoms with E-state index in [0.717, 1.165) is 19.3 Å². The predicted molar refractivity (Wildman–Crippen MR) is 98.2 cm³/mol. The molecule has 6 heteroatoms. The first kappa shape index (κ1) is 18.3. The van der Waals surface area contributed by atoms with Crippen molar-refractivity contribution >= 4 is 5.91 Å². The summed E-state index contributed by atoms with van der Waals surface area (Å²) in [7, 11) is 0. The van der Waals surface area contributed by atoms with E-state index in [1.807, 2.05) is 0 Å². The van der Waals surface area contributed by atoms with Crippen LogP contribution >= 0.6 is 0 Å². The number of aromatic nitrogens is 2. The Bertz CT molecular complexity index is 832. The molecule has 0 saturated heterocycles. The van der Waals surface area contributed by atoms with Crippen LogP contribution in [0.2, 0.25) is 0 Å². The molecule has 0 bridgehead atoms. The zero-order valence-electron chi connectivity index (χ0n) is 15.1. The van der Waals surface area contributed by atoms with Gasteiger partial charge in [0.25, 0.3) is 5.56 Å². The maximum Gasteiger partial charge on any atom is 0.267 e. The van der Waals surface area contributed by atoms with Crippen LogP contribution in [-0.2, 0) is 4.79 Å². The number of nitrogens with zero attached hydrogens (tertiary/aromatic N) is 2. The molecule has 0 radical (unpaired) electrons. The lowest BCUT2D eigenvalue weighted by atomic mass is 9.86. The van der Waals surface area contributed by atoms with E-state index in [2.05, 4.69) is 17.3 Å². The van der Waals surface area contributed by atoms with E-state index in [9.17, 15) is 14.0 Å². The number of carbonyl (C=O) groups excluding carboxylic acids is 1. The quantitative estimate of drug-likeness (QED) is 0.913. The fourth-order valence-electron chi connectivity index (χ4n) is 3.42. The third kappa shape index (κ3) is 4.00. The Hall–Kier alpha value is -2.50. The van der Waals surface area contributed by atoms with Crippen LogP contribution in [0.15, 0.2) is 41.2 Å². The van der Waals surface area contributed by atoms with Crippen molar-refractivity contribution in [2.75, 3.05) is 0 Å². The Morgan fingerprint density at radius 1 is 1.19 bits per heavy atom. The highest BCUT2D eigenvalue weighted by molar-refractivity contribution is 5.80. The monoisotopic (exact) mass is 357 g/mol. The van der Waals surface area contributed by atoms with E-state index < -0.39 is 6.04 Å². The van der Waals surface area contributed by atoms with Gasteiger partial charge in [-0.3, -0.25) is 9.59 Å². The van der Waals surface area contributed by atoms with Gasteiger partial charge in [0.05, 0.1) is 5.69 Å². The Kier molecular flexibility index (Phi) is 5.49. The topological polar surface area (TPSA) is 64.0 Å². The second-order valence-electron chi connectivity index (χ2n) is 7.06. The molecule has 1 fully saturated rings. The lowest BCUT2D eigenvalue weighted by molar-refractivity contribution is -0.125. The van der Waals surface area contributed by atoms with Crippen molar-refractivity contribution < 1.29 is 9.18 Å². The fraction of sp³-hybridized carbons (Fsp3) is 0.450. The molecule has 0 spiro atoms. The summed E-state index contributed by atoms with van der Waals surface area (Å²) in [6, 6.07) is 8.28.